The fraction of sp³-hybridized carbons (Fsp3) is 0.333. The number of aliphatic carboxylic acids is 1. The van der Waals surface area contributed by atoms with Crippen molar-refractivity contribution in [2.24, 2.45) is 0 Å². The molecule has 2 N–H and O–H groups in total. The molecule has 0 saturated carbocycles. The number of carboxylic acids is 1. The Bertz CT molecular complexity index is 738. The van der Waals surface area contributed by atoms with Gasteiger partial charge in [-0.25, -0.2) is 9.59 Å². The zero-order valence-corrected chi connectivity index (χ0v) is 15.4. The number of carboxylic acid groups (broad SMARTS) is 1. The lowest BCUT2D eigenvalue weighted by Crippen LogP contribution is -2.41. The monoisotopic (exact) mass is 355 g/mol. The molecule has 26 heavy (non-hydrogen) atoms. The minimum absolute atomic E-state index is 0.00766. The lowest BCUT2D eigenvalue weighted by atomic mass is 9.87. The average Bonchev–Trinajstić information content (AvgIpc) is 2.60. The quantitative estimate of drug-likeness (QED) is 0.781. The molecular formula is C21H25NO4. The Labute approximate surface area is 154 Å². The highest BCUT2D eigenvalue weighted by Gasteiger charge is 2.25. The first-order chi connectivity index (χ1) is 12.4. The van der Waals surface area contributed by atoms with Gasteiger partial charge < -0.3 is 15.2 Å². The van der Waals surface area contributed by atoms with Crippen LogP contribution in [0.3, 0.4) is 0 Å². The van der Waals surface area contributed by atoms with Gasteiger partial charge in [-0.15, -0.1) is 0 Å². The maximum atomic E-state index is 12.0. The molecule has 0 aliphatic heterocycles. The highest BCUT2D eigenvalue weighted by molar-refractivity contribution is 5.80. The molecule has 5 heteroatoms. The Morgan fingerprint density at radius 3 is 2.23 bits per heavy atom. The van der Waals surface area contributed by atoms with Crippen LogP contribution >= 0.6 is 0 Å². The molecule has 0 heterocycles. The minimum atomic E-state index is -1.07. The van der Waals surface area contributed by atoms with Gasteiger partial charge in [0.25, 0.3) is 0 Å². The van der Waals surface area contributed by atoms with Crippen LogP contribution in [0.4, 0.5) is 4.79 Å². The first kappa shape index (κ1) is 19.5. The van der Waals surface area contributed by atoms with E-state index >= 15 is 0 Å². The molecule has 2 aromatic rings. The van der Waals surface area contributed by atoms with E-state index in [2.05, 4.69) is 5.32 Å². The van der Waals surface area contributed by atoms with E-state index in [1.54, 1.807) is 0 Å². The number of nitrogens with one attached hydrogen (secondary N) is 1. The predicted molar refractivity (Wildman–Crippen MR) is 100 cm³/mol. The molecule has 2 aromatic carbocycles. The van der Waals surface area contributed by atoms with E-state index in [1.165, 1.54) is 0 Å². The smallest absolute Gasteiger partial charge is 0.408 e. The van der Waals surface area contributed by atoms with Gasteiger partial charge in [0.2, 0.25) is 0 Å². The third-order valence-electron chi connectivity index (χ3n) is 4.43. The van der Waals surface area contributed by atoms with Crippen molar-refractivity contribution in [1.82, 2.24) is 5.32 Å². The number of alkyl carbamates (subject to hydrolysis) is 1. The fourth-order valence-corrected chi connectivity index (χ4v) is 3.20. The third-order valence-corrected chi connectivity index (χ3v) is 4.43. The Kier molecular flexibility index (Phi) is 6.78. The van der Waals surface area contributed by atoms with Crippen molar-refractivity contribution < 1.29 is 19.4 Å². The summed E-state index contributed by atoms with van der Waals surface area (Å²) < 4.78 is 5.13. The summed E-state index contributed by atoms with van der Waals surface area (Å²) in [5.41, 5.74) is 4.21. The average molecular weight is 355 g/mol. The lowest BCUT2D eigenvalue weighted by Gasteiger charge is -2.22. The third kappa shape index (κ3) is 5.34. The molecule has 2 atom stereocenters. The summed E-state index contributed by atoms with van der Waals surface area (Å²) in [5.74, 6) is -1.08. The number of aryl methyl sites for hydroxylation is 2. The number of ether oxygens (including phenoxy) is 1. The zero-order valence-electron chi connectivity index (χ0n) is 15.4. The number of rotatable bonds is 7. The van der Waals surface area contributed by atoms with E-state index < -0.39 is 18.1 Å². The maximum absolute atomic E-state index is 12.0. The highest BCUT2D eigenvalue weighted by atomic mass is 16.5. The molecular weight excluding hydrogens is 330 g/mol. The topological polar surface area (TPSA) is 75.6 Å². The molecule has 0 aromatic heterocycles. The van der Waals surface area contributed by atoms with Gasteiger partial charge >= 0.3 is 12.1 Å². The van der Waals surface area contributed by atoms with Crippen molar-refractivity contribution in [1.29, 1.82) is 0 Å². The van der Waals surface area contributed by atoms with E-state index in [-0.39, 0.29) is 12.5 Å². The van der Waals surface area contributed by atoms with Gasteiger partial charge in [-0.3, -0.25) is 0 Å². The lowest BCUT2D eigenvalue weighted by molar-refractivity contribution is -0.139. The number of hydrogen-bond acceptors (Lipinski definition) is 3. The predicted octanol–water partition coefficient (Wildman–Crippen LogP) is 4.18. The zero-order chi connectivity index (χ0) is 19.1. The van der Waals surface area contributed by atoms with Crippen molar-refractivity contribution >= 4 is 12.1 Å². The van der Waals surface area contributed by atoms with Crippen LogP contribution in [-0.2, 0) is 16.1 Å². The number of carbonyl (C=O) groups is 2. The number of benzene rings is 2. The van der Waals surface area contributed by atoms with Gasteiger partial charge in [-0.05, 0) is 48.4 Å². The van der Waals surface area contributed by atoms with Crippen molar-refractivity contribution in [2.45, 2.75) is 45.8 Å². The molecule has 0 aliphatic carbocycles. The molecule has 0 saturated heterocycles. The summed E-state index contributed by atoms with van der Waals surface area (Å²) in [6.45, 7) is 6.10. The fourth-order valence-electron chi connectivity index (χ4n) is 3.20. The Morgan fingerprint density at radius 1 is 1.04 bits per heavy atom. The maximum Gasteiger partial charge on any atom is 0.408 e. The summed E-state index contributed by atoms with van der Waals surface area (Å²) in [6, 6.07) is 14.2. The van der Waals surface area contributed by atoms with Crippen LogP contribution in [0.2, 0.25) is 0 Å². The van der Waals surface area contributed by atoms with Crippen LogP contribution in [0.15, 0.2) is 48.5 Å². The van der Waals surface area contributed by atoms with Crippen LogP contribution in [0.5, 0.6) is 0 Å². The number of hydrogen-bond donors (Lipinski definition) is 2. The molecule has 138 valence electrons. The van der Waals surface area contributed by atoms with Crippen molar-refractivity contribution in [3.05, 3.63) is 70.8 Å². The van der Waals surface area contributed by atoms with Gasteiger partial charge in [-0.1, -0.05) is 55.5 Å². The summed E-state index contributed by atoms with van der Waals surface area (Å²) in [5, 5.41) is 11.9. The number of carbonyl (C=O) groups excluding carboxylic acids is 1. The van der Waals surface area contributed by atoms with Crippen LogP contribution in [-0.4, -0.2) is 23.2 Å². The van der Waals surface area contributed by atoms with Gasteiger partial charge in [0.15, 0.2) is 0 Å². The molecule has 2 unspecified atom stereocenters. The second kappa shape index (κ2) is 9.04. The minimum Gasteiger partial charge on any atom is -0.480 e. The van der Waals surface area contributed by atoms with E-state index in [0.717, 1.165) is 22.3 Å². The van der Waals surface area contributed by atoms with Crippen molar-refractivity contribution in [3.8, 4) is 0 Å². The van der Waals surface area contributed by atoms with Crippen molar-refractivity contribution in [3.63, 3.8) is 0 Å². The second-order valence-electron chi connectivity index (χ2n) is 6.54. The van der Waals surface area contributed by atoms with Gasteiger partial charge in [0.1, 0.15) is 12.6 Å². The molecule has 0 spiro atoms. The summed E-state index contributed by atoms with van der Waals surface area (Å²) in [4.78, 5) is 23.6. The normalized spacial score (nSPS) is 12.9. The second-order valence-corrected chi connectivity index (χ2v) is 6.54. The number of amides is 1. The summed E-state index contributed by atoms with van der Waals surface area (Å²) in [7, 11) is 0. The van der Waals surface area contributed by atoms with E-state index in [9.17, 15) is 14.7 Å². The summed E-state index contributed by atoms with van der Waals surface area (Å²) >= 11 is 0. The van der Waals surface area contributed by atoms with Crippen LogP contribution in [0.25, 0.3) is 0 Å². The molecule has 0 fully saturated rings. The molecule has 1 amide bonds. The Hall–Kier alpha value is -2.82. The van der Waals surface area contributed by atoms with E-state index in [4.69, 9.17) is 4.74 Å². The Morgan fingerprint density at radius 2 is 1.65 bits per heavy atom. The van der Waals surface area contributed by atoms with E-state index in [0.29, 0.717) is 6.42 Å². The molecule has 0 radical (unpaired) electrons. The molecule has 2 rings (SSSR count). The van der Waals surface area contributed by atoms with Crippen LogP contribution in [0, 0.1) is 13.8 Å². The SMILES string of the molecule is Cc1cccc(C)c1C(C)CC(NC(=O)OCc1ccccc1)C(=O)O. The molecule has 0 bridgehead atoms. The molecule has 5 nitrogen and oxygen atoms in total. The molecule has 0 aliphatic rings. The van der Waals surface area contributed by atoms with Crippen LogP contribution < -0.4 is 5.32 Å². The first-order valence-electron chi connectivity index (χ1n) is 8.64. The Balaban J connectivity index is 1.98. The van der Waals surface area contributed by atoms with E-state index in [1.807, 2.05) is 69.3 Å². The van der Waals surface area contributed by atoms with Gasteiger partial charge in [0.05, 0.1) is 0 Å². The van der Waals surface area contributed by atoms with Crippen molar-refractivity contribution in [2.75, 3.05) is 0 Å². The first-order valence-corrected chi connectivity index (χ1v) is 8.64. The highest BCUT2D eigenvalue weighted by Crippen LogP contribution is 2.27. The summed E-state index contributed by atoms with van der Waals surface area (Å²) in [6.07, 6.45) is -0.434. The largest absolute Gasteiger partial charge is 0.480 e. The standard InChI is InChI=1S/C21H25NO4/c1-14-8-7-9-15(2)19(14)16(3)12-18(20(23)24)22-21(25)26-13-17-10-5-4-6-11-17/h4-11,16,18H,12-13H2,1-3H3,(H,22,25)(H,23,24). The van der Waals surface area contributed by atoms with Gasteiger partial charge in [-0.2, -0.15) is 0 Å². The van der Waals surface area contributed by atoms with Gasteiger partial charge in [0, 0.05) is 0 Å². The van der Waals surface area contributed by atoms with Crippen LogP contribution in [0.1, 0.15) is 41.5 Å².